The molecule has 3 heteroatoms. The van der Waals surface area contributed by atoms with Gasteiger partial charge in [0.05, 0.1) is 6.04 Å². The monoisotopic (exact) mass is 293 g/mol. The Morgan fingerprint density at radius 2 is 1.86 bits per heavy atom. The molecule has 3 rings (SSSR count). The maximum atomic E-state index is 12.3. The SMILES string of the molecule is CCc1ccc(C(=O)NC(C)c2cc3ccccc3o2)cc1. The summed E-state index contributed by atoms with van der Waals surface area (Å²) in [5.41, 5.74) is 2.73. The topological polar surface area (TPSA) is 42.2 Å². The van der Waals surface area contributed by atoms with E-state index in [9.17, 15) is 4.79 Å². The Bertz CT molecular complexity index is 754. The highest BCUT2D eigenvalue weighted by Crippen LogP contribution is 2.23. The van der Waals surface area contributed by atoms with Gasteiger partial charge in [-0.3, -0.25) is 4.79 Å². The zero-order valence-electron chi connectivity index (χ0n) is 12.8. The summed E-state index contributed by atoms with van der Waals surface area (Å²) in [4.78, 5) is 12.3. The van der Waals surface area contributed by atoms with Gasteiger partial charge in [-0.25, -0.2) is 0 Å². The van der Waals surface area contributed by atoms with Crippen molar-refractivity contribution in [1.82, 2.24) is 5.32 Å². The van der Waals surface area contributed by atoms with Crippen LogP contribution in [0.3, 0.4) is 0 Å². The molecule has 0 aliphatic carbocycles. The first-order chi connectivity index (χ1) is 10.7. The molecule has 1 N–H and O–H groups in total. The number of amides is 1. The number of furan rings is 1. The zero-order chi connectivity index (χ0) is 15.5. The van der Waals surface area contributed by atoms with E-state index in [-0.39, 0.29) is 11.9 Å². The first kappa shape index (κ1) is 14.4. The second-order valence-corrected chi connectivity index (χ2v) is 5.43. The molecule has 3 aromatic rings. The third kappa shape index (κ3) is 2.89. The highest BCUT2D eigenvalue weighted by molar-refractivity contribution is 5.94. The van der Waals surface area contributed by atoms with E-state index in [1.54, 1.807) is 0 Å². The molecule has 22 heavy (non-hydrogen) atoms. The summed E-state index contributed by atoms with van der Waals surface area (Å²) in [6.45, 7) is 4.02. The normalized spacial score (nSPS) is 12.3. The minimum absolute atomic E-state index is 0.0874. The van der Waals surface area contributed by atoms with Crippen LogP contribution in [0.2, 0.25) is 0 Å². The van der Waals surface area contributed by atoms with E-state index in [4.69, 9.17) is 4.42 Å². The Labute approximate surface area is 130 Å². The molecule has 0 saturated heterocycles. The fraction of sp³-hybridized carbons (Fsp3) is 0.211. The van der Waals surface area contributed by atoms with Crippen LogP contribution < -0.4 is 5.32 Å². The Morgan fingerprint density at radius 3 is 2.55 bits per heavy atom. The average molecular weight is 293 g/mol. The molecule has 112 valence electrons. The fourth-order valence-electron chi connectivity index (χ4n) is 2.46. The van der Waals surface area contributed by atoms with Gasteiger partial charge in [0.25, 0.3) is 5.91 Å². The Balaban J connectivity index is 1.74. The smallest absolute Gasteiger partial charge is 0.251 e. The number of carbonyl (C=O) groups is 1. The van der Waals surface area contributed by atoms with Gasteiger partial charge in [-0.2, -0.15) is 0 Å². The van der Waals surface area contributed by atoms with Gasteiger partial charge in [0.1, 0.15) is 11.3 Å². The highest BCUT2D eigenvalue weighted by atomic mass is 16.3. The van der Waals surface area contributed by atoms with Crippen LogP contribution in [-0.4, -0.2) is 5.91 Å². The van der Waals surface area contributed by atoms with Crippen molar-refractivity contribution in [1.29, 1.82) is 0 Å². The maximum absolute atomic E-state index is 12.3. The zero-order valence-corrected chi connectivity index (χ0v) is 12.8. The predicted octanol–water partition coefficient (Wildman–Crippen LogP) is 4.49. The molecular formula is C19H19NO2. The van der Waals surface area contributed by atoms with E-state index in [0.717, 1.165) is 23.2 Å². The summed E-state index contributed by atoms with van der Waals surface area (Å²) in [6.07, 6.45) is 0.970. The van der Waals surface area contributed by atoms with Crippen LogP contribution in [0.5, 0.6) is 0 Å². The molecular weight excluding hydrogens is 274 g/mol. The summed E-state index contributed by atoms with van der Waals surface area (Å²) >= 11 is 0. The predicted molar refractivity (Wildman–Crippen MR) is 87.9 cm³/mol. The third-order valence-corrected chi connectivity index (χ3v) is 3.84. The molecule has 2 aromatic carbocycles. The molecule has 1 amide bonds. The van der Waals surface area contributed by atoms with E-state index in [0.29, 0.717) is 5.56 Å². The van der Waals surface area contributed by atoms with Crippen LogP contribution in [0.4, 0.5) is 0 Å². The summed E-state index contributed by atoms with van der Waals surface area (Å²) in [7, 11) is 0. The summed E-state index contributed by atoms with van der Waals surface area (Å²) < 4.78 is 5.79. The van der Waals surface area contributed by atoms with Crippen molar-refractivity contribution < 1.29 is 9.21 Å². The van der Waals surface area contributed by atoms with E-state index >= 15 is 0 Å². The standard InChI is InChI=1S/C19H19NO2/c1-3-14-8-10-15(11-9-14)19(21)20-13(2)18-12-16-6-4-5-7-17(16)22-18/h4-13H,3H2,1-2H3,(H,20,21). The second-order valence-electron chi connectivity index (χ2n) is 5.43. The van der Waals surface area contributed by atoms with Gasteiger partial charge < -0.3 is 9.73 Å². The Morgan fingerprint density at radius 1 is 1.14 bits per heavy atom. The molecule has 1 atom stereocenters. The van der Waals surface area contributed by atoms with Gasteiger partial charge in [-0.15, -0.1) is 0 Å². The number of hydrogen-bond donors (Lipinski definition) is 1. The van der Waals surface area contributed by atoms with E-state index in [1.165, 1.54) is 5.56 Å². The number of nitrogens with one attached hydrogen (secondary N) is 1. The second kappa shape index (κ2) is 6.06. The number of rotatable bonds is 4. The molecule has 0 spiro atoms. The summed E-state index contributed by atoms with van der Waals surface area (Å²) in [5.74, 6) is 0.676. The van der Waals surface area contributed by atoms with Gasteiger partial charge >= 0.3 is 0 Å². The lowest BCUT2D eigenvalue weighted by Gasteiger charge is -2.11. The largest absolute Gasteiger partial charge is 0.459 e. The first-order valence-corrected chi connectivity index (χ1v) is 7.55. The molecule has 0 aliphatic rings. The quantitative estimate of drug-likeness (QED) is 0.770. The molecule has 1 aromatic heterocycles. The van der Waals surface area contributed by atoms with Crippen molar-refractivity contribution in [3.05, 3.63) is 71.5 Å². The van der Waals surface area contributed by atoms with Crippen LogP contribution >= 0.6 is 0 Å². The minimum Gasteiger partial charge on any atom is -0.459 e. The Hall–Kier alpha value is -2.55. The van der Waals surface area contributed by atoms with Gasteiger partial charge in [0.15, 0.2) is 0 Å². The molecule has 1 unspecified atom stereocenters. The molecule has 0 saturated carbocycles. The number of aryl methyl sites for hydroxylation is 1. The molecule has 3 nitrogen and oxygen atoms in total. The highest BCUT2D eigenvalue weighted by Gasteiger charge is 2.15. The van der Waals surface area contributed by atoms with Gasteiger partial charge in [-0.1, -0.05) is 37.3 Å². The first-order valence-electron chi connectivity index (χ1n) is 7.55. The van der Waals surface area contributed by atoms with Crippen molar-refractivity contribution in [2.24, 2.45) is 0 Å². The molecule has 0 aliphatic heterocycles. The van der Waals surface area contributed by atoms with Crippen molar-refractivity contribution in [3.8, 4) is 0 Å². The number of benzene rings is 2. The van der Waals surface area contributed by atoms with Crippen molar-refractivity contribution >= 4 is 16.9 Å². The fourth-order valence-corrected chi connectivity index (χ4v) is 2.46. The van der Waals surface area contributed by atoms with Crippen LogP contribution in [0, 0.1) is 0 Å². The summed E-state index contributed by atoms with van der Waals surface area (Å²) in [6, 6.07) is 17.3. The third-order valence-electron chi connectivity index (χ3n) is 3.84. The van der Waals surface area contributed by atoms with Crippen LogP contribution in [0.15, 0.2) is 59.0 Å². The number of carbonyl (C=O) groups excluding carboxylic acids is 1. The molecule has 0 fully saturated rings. The van der Waals surface area contributed by atoms with E-state index in [1.807, 2.05) is 61.5 Å². The van der Waals surface area contributed by atoms with Gasteiger partial charge in [0, 0.05) is 10.9 Å². The number of para-hydroxylation sites is 1. The van der Waals surface area contributed by atoms with Crippen molar-refractivity contribution in [2.45, 2.75) is 26.3 Å². The van der Waals surface area contributed by atoms with Crippen LogP contribution in [0.25, 0.3) is 11.0 Å². The minimum atomic E-state index is -0.175. The average Bonchev–Trinajstić information content (AvgIpc) is 2.99. The lowest BCUT2D eigenvalue weighted by molar-refractivity contribution is 0.0935. The van der Waals surface area contributed by atoms with Crippen molar-refractivity contribution in [3.63, 3.8) is 0 Å². The Kier molecular flexibility index (Phi) is 3.96. The van der Waals surface area contributed by atoms with Gasteiger partial charge in [-0.05, 0) is 43.2 Å². The number of fused-ring (bicyclic) bond motifs is 1. The van der Waals surface area contributed by atoms with E-state index in [2.05, 4.69) is 12.2 Å². The molecule has 0 bridgehead atoms. The van der Waals surface area contributed by atoms with E-state index < -0.39 is 0 Å². The van der Waals surface area contributed by atoms with Crippen LogP contribution in [-0.2, 0) is 6.42 Å². The van der Waals surface area contributed by atoms with Gasteiger partial charge in [0.2, 0.25) is 0 Å². The molecule has 0 radical (unpaired) electrons. The molecule has 1 heterocycles. The van der Waals surface area contributed by atoms with Crippen molar-refractivity contribution in [2.75, 3.05) is 0 Å². The lowest BCUT2D eigenvalue weighted by Crippen LogP contribution is -2.26. The van der Waals surface area contributed by atoms with Crippen LogP contribution in [0.1, 0.15) is 41.6 Å². The number of hydrogen-bond acceptors (Lipinski definition) is 2. The lowest BCUT2D eigenvalue weighted by atomic mass is 10.1. The maximum Gasteiger partial charge on any atom is 0.251 e. The summed E-state index contributed by atoms with van der Waals surface area (Å²) in [5, 5.41) is 4.03.